The number of hydrogen-bond donors (Lipinski definition) is 0. The van der Waals surface area contributed by atoms with Gasteiger partial charge in [-0.2, -0.15) is 0 Å². The monoisotopic (exact) mass is 349 g/mol. The van der Waals surface area contributed by atoms with Crippen LogP contribution in [0.5, 0.6) is 11.5 Å². The molecular weight excluding hydrogens is 338 g/mol. The molecular formula is C15H12BrNO4. The Morgan fingerprint density at radius 1 is 1.24 bits per heavy atom. The van der Waals surface area contributed by atoms with Gasteiger partial charge in [0, 0.05) is 17.2 Å². The van der Waals surface area contributed by atoms with Crippen molar-refractivity contribution in [3.8, 4) is 11.5 Å². The molecule has 0 heterocycles. The van der Waals surface area contributed by atoms with Crippen molar-refractivity contribution in [2.24, 2.45) is 0 Å². The third-order valence-electron chi connectivity index (χ3n) is 2.93. The predicted molar refractivity (Wildman–Crippen MR) is 82.1 cm³/mol. The highest BCUT2D eigenvalue weighted by molar-refractivity contribution is 9.10. The highest BCUT2D eigenvalue weighted by Crippen LogP contribution is 2.32. The van der Waals surface area contributed by atoms with E-state index in [9.17, 15) is 14.9 Å². The van der Waals surface area contributed by atoms with Gasteiger partial charge in [0.2, 0.25) is 0 Å². The summed E-state index contributed by atoms with van der Waals surface area (Å²) in [6, 6.07) is 9.57. The Hall–Kier alpha value is -2.21. The van der Waals surface area contributed by atoms with Crippen molar-refractivity contribution in [2.45, 2.75) is 13.8 Å². The van der Waals surface area contributed by atoms with Crippen LogP contribution in [0.15, 0.2) is 40.9 Å². The summed E-state index contributed by atoms with van der Waals surface area (Å²) in [6.45, 7) is 3.14. The Bertz CT molecular complexity index is 728. The molecule has 0 aliphatic carbocycles. The van der Waals surface area contributed by atoms with Crippen LogP contribution in [0, 0.1) is 17.0 Å². The molecule has 0 fully saturated rings. The smallest absolute Gasteiger partial charge is 0.272 e. The largest absolute Gasteiger partial charge is 0.456 e. The number of ether oxygens (including phenoxy) is 1. The van der Waals surface area contributed by atoms with E-state index in [4.69, 9.17) is 4.74 Å². The fourth-order valence-corrected chi connectivity index (χ4v) is 2.29. The molecule has 0 unspecified atom stereocenters. The van der Waals surface area contributed by atoms with E-state index in [-0.39, 0.29) is 11.5 Å². The quantitative estimate of drug-likeness (QED) is 0.457. The lowest BCUT2D eigenvalue weighted by atomic mass is 10.1. The highest BCUT2D eigenvalue weighted by Gasteiger charge is 2.12. The minimum Gasteiger partial charge on any atom is -0.456 e. The lowest BCUT2D eigenvalue weighted by molar-refractivity contribution is -0.385. The molecule has 0 aliphatic heterocycles. The summed E-state index contributed by atoms with van der Waals surface area (Å²) in [4.78, 5) is 21.6. The summed E-state index contributed by atoms with van der Waals surface area (Å²) in [5, 5.41) is 10.8. The van der Waals surface area contributed by atoms with E-state index in [1.807, 2.05) is 0 Å². The Labute approximate surface area is 129 Å². The molecule has 0 aliphatic rings. The van der Waals surface area contributed by atoms with E-state index in [0.29, 0.717) is 27.1 Å². The van der Waals surface area contributed by atoms with Gasteiger partial charge < -0.3 is 4.74 Å². The Kier molecular flexibility index (Phi) is 4.37. The highest BCUT2D eigenvalue weighted by atomic mass is 79.9. The minimum atomic E-state index is -0.434. The number of carbonyl (C=O) groups is 1. The van der Waals surface area contributed by atoms with Crippen LogP contribution in [0.25, 0.3) is 0 Å². The van der Waals surface area contributed by atoms with Gasteiger partial charge in [-0.1, -0.05) is 0 Å². The average molecular weight is 350 g/mol. The van der Waals surface area contributed by atoms with E-state index in [2.05, 4.69) is 15.9 Å². The summed E-state index contributed by atoms with van der Waals surface area (Å²) >= 11 is 3.34. The fraction of sp³-hybridized carbons (Fsp3) is 0.133. The molecule has 0 spiro atoms. The first-order valence-electron chi connectivity index (χ1n) is 6.12. The Morgan fingerprint density at radius 3 is 2.48 bits per heavy atom. The summed E-state index contributed by atoms with van der Waals surface area (Å²) in [5.74, 6) is 0.996. The lowest BCUT2D eigenvalue weighted by Gasteiger charge is -2.09. The van der Waals surface area contributed by atoms with Gasteiger partial charge in [0.15, 0.2) is 5.78 Å². The average Bonchev–Trinajstić information content (AvgIpc) is 2.40. The minimum absolute atomic E-state index is 0.0339. The number of benzene rings is 2. The molecule has 0 saturated carbocycles. The summed E-state index contributed by atoms with van der Waals surface area (Å²) in [7, 11) is 0. The van der Waals surface area contributed by atoms with Gasteiger partial charge in [0.05, 0.1) is 9.40 Å². The van der Waals surface area contributed by atoms with Crippen molar-refractivity contribution in [3.05, 3.63) is 62.1 Å². The van der Waals surface area contributed by atoms with Gasteiger partial charge in [-0.25, -0.2) is 0 Å². The molecule has 2 aromatic carbocycles. The second-order valence-electron chi connectivity index (χ2n) is 4.51. The van der Waals surface area contributed by atoms with Crippen LogP contribution in [-0.2, 0) is 0 Å². The fourth-order valence-electron chi connectivity index (χ4n) is 1.83. The SMILES string of the molecule is CC(=O)c1ccc(Oc2ccc([N+](=O)[O-])c(C)c2)c(Br)c1. The molecule has 0 N–H and O–H groups in total. The van der Waals surface area contributed by atoms with Crippen molar-refractivity contribution in [1.82, 2.24) is 0 Å². The summed E-state index contributed by atoms with van der Waals surface area (Å²) in [5.41, 5.74) is 1.15. The normalized spacial score (nSPS) is 10.2. The number of carbonyl (C=O) groups excluding carboxylic acids is 1. The molecule has 0 atom stereocenters. The van der Waals surface area contributed by atoms with Crippen molar-refractivity contribution in [3.63, 3.8) is 0 Å². The van der Waals surface area contributed by atoms with Crippen LogP contribution >= 0.6 is 15.9 Å². The molecule has 108 valence electrons. The maximum absolute atomic E-state index is 11.3. The first kappa shape index (κ1) is 15.2. The molecule has 0 amide bonds. The third-order valence-corrected chi connectivity index (χ3v) is 3.55. The second-order valence-corrected chi connectivity index (χ2v) is 5.36. The van der Waals surface area contributed by atoms with Crippen molar-refractivity contribution >= 4 is 27.4 Å². The first-order chi connectivity index (χ1) is 9.88. The number of hydrogen-bond acceptors (Lipinski definition) is 4. The van der Waals surface area contributed by atoms with E-state index in [1.165, 1.54) is 19.1 Å². The second kappa shape index (κ2) is 6.05. The number of nitrogens with zero attached hydrogens (tertiary/aromatic N) is 1. The summed E-state index contributed by atoms with van der Waals surface area (Å²) in [6.07, 6.45) is 0. The van der Waals surface area contributed by atoms with Gasteiger partial charge in [-0.15, -0.1) is 0 Å². The third kappa shape index (κ3) is 3.46. The van der Waals surface area contributed by atoms with Crippen LogP contribution in [0.2, 0.25) is 0 Å². The molecule has 2 aromatic rings. The summed E-state index contributed by atoms with van der Waals surface area (Å²) < 4.78 is 6.32. The molecule has 0 radical (unpaired) electrons. The van der Waals surface area contributed by atoms with Gasteiger partial charge >= 0.3 is 0 Å². The zero-order chi connectivity index (χ0) is 15.6. The molecule has 21 heavy (non-hydrogen) atoms. The van der Waals surface area contributed by atoms with Gasteiger partial charge in [0.25, 0.3) is 5.69 Å². The zero-order valence-corrected chi connectivity index (χ0v) is 13.0. The van der Waals surface area contributed by atoms with E-state index >= 15 is 0 Å². The predicted octanol–water partition coefficient (Wildman–Crippen LogP) is 4.66. The maximum Gasteiger partial charge on any atom is 0.272 e. The molecule has 0 aromatic heterocycles. The number of rotatable bonds is 4. The van der Waals surface area contributed by atoms with E-state index < -0.39 is 4.92 Å². The van der Waals surface area contributed by atoms with Crippen LogP contribution in [0.1, 0.15) is 22.8 Å². The Morgan fingerprint density at radius 2 is 1.95 bits per heavy atom. The topological polar surface area (TPSA) is 69.4 Å². The molecule has 5 nitrogen and oxygen atoms in total. The van der Waals surface area contributed by atoms with Gasteiger partial charge in [-0.05, 0) is 60.1 Å². The standard InChI is InChI=1S/C15H12BrNO4/c1-9-7-12(4-5-14(9)17(19)20)21-15-6-3-11(10(2)18)8-13(15)16/h3-8H,1-2H3. The molecule has 0 saturated heterocycles. The first-order valence-corrected chi connectivity index (χ1v) is 6.91. The van der Waals surface area contributed by atoms with Gasteiger partial charge in [0.1, 0.15) is 11.5 Å². The number of aryl methyl sites for hydroxylation is 1. The maximum atomic E-state index is 11.3. The number of nitro benzene ring substituents is 1. The molecule has 6 heteroatoms. The Balaban J connectivity index is 2.28. The van der Waals surface area contributed by atoms with Crippen LogP contribution in [0.3, 0.4) is 0 Å². The molecule has 0 bridgehead atoms. The van der Waals surface area contributed by atoms with Crippen LogP contribution in [-0.4, -0.2) is 10.7 Å². The van der Waals surface area contributed by atoms with Crippen molar-refractivity contribution in [2.75, 3.05) is 0 Å². The number of ketones is 1. The lowest BCUT2D eigenvalue weighted by Crippen LogP contribution is -1.94. The van der Waals surface area contributed by atoms with Crippen molar-refractivity contribution in [1.29, 1.82) is 0 Å². The van der Waals surface area contributed by atoms with Gasteiger partial charge in [-0.3, -0.25) is 14.9 Å². The van der Waals surface area contributed by atoms with E-state index in [0.717, 1.165) is 0 Å². The zero-order valence-electron chi connectivity index (χ0n) is 11.4. The molecule has 2 rings (SSSR count). The number of nitro groups is 1. The van der Waals surface area contributed by atoms with Crippen LogP contribution < -0.4 is 4.74 Å². The number of halogens is 1. The number of Topliss-reactive ketones (excluding diaryl/α,β-unsaturated/α-hetero) is 1. The van der Waals surface area contributed by atoms with Crippen molar-refractivity contribution < 1.29 is 14.5 Å². The van der Waals surface area contributed by atoms with E-state index in [1.54, 1.807) is 31.2 Å². The van der Waals surface area contributed by atoms with Crippen LogP contribution in [0.4, 0.5) is 5.69 Å².